The van der Waals surface area contributed by atoms with Crippen LogP contribution in [0.2, 0.25) is 0 Å². The molecule has 5 rings (SSSR count). The minimum absolute atomic E-state index is 0.108. The molecule has 0 unspecified atom stereocenters. The summed E-state index contributed by atoms with van der Waals surface area (Å²) >= 11 is 3.53. The van der Waals surface area contributed by atoms with Gasteiger partial charge in [-0.25, -0.2) is 0 Å². The second kappa shape index (κ2) is 8.13. The lowest BCUT2D eigenvalue weighted by atomic mass is 9.85. The van der Waals surface area contributed by atoms with E-state index in [0.29, 0.717) is 0 Å². The van der Waals surface area contributed by atoms with Gasteiger partial charge in [-0.15, -0.1) is 0 Å². The fourth-order valence-corrected chi connectivity index (χ4v) is 4.94. The van der Waals surface area contributed by atoms with Crippen molar-refractivity contribution < 1.29 is 0 Å². The van der Waals surface area contributed by atoms with E-state index in [1.54, 1.807) is 0 Å². The maximum absolute atomic E-state index is 3.53. The van der Waals surface area contributed by atoms with Gasteiger partial charge < -0.3 is 4.57 Å². The Kier molecular flexibility index (Phi) is 5.48. The Morgan fingerprint density at radius 2 is 0.941 bits per heavy atom. The van der Waals surface area contributed by atoms with Crippen molar-refractivity contribution in [2.75, 3.05) is 0 Å². The van der Waals surface area contributed by atoms with Crippen LogP contribution in [0.25, 0.3) is 38.6 Å². The van der Waals surface area contributed by atoms with Crippen molar-refractivity contribution in [1.82, 2.24) is 4.57 Å². The Hall–Kier alpha value is -2.84. The number of halogens is 1. The molecule has 0 bridgehead atoms. The van der Waals surface area contributed by atoms with Crippen molar-refractivity contribution in [3.05, 3.63) is 101 Å². The van der Waals surface area contributed by atoms with E-state index in [4.69, 9.17) is 0 Å². The summed E-state index contributed by atoms with van der Waals surface area (Å²) in [5.74, 6) is 0. The van der Waals surface area contributed by atoms with Crippen LogP contribution < -0.4 is 0 Å². The Balaban J connectivity index is 1.73. The van der Waals surface area contributed by atoms with Gasteiger partial charge in [0.25, 0.3) is 0 Å². The molecule has 0 atom stereocenters. The van der Waals surface area contributed by atoms with Crippen LogP contribution in [0.5, 0.6) is 0 Å². The first-order valence-electron chi connectivity index (χ1n) is 12.0. The molecule has 2 heteroatoms. The normalized spacial score (nSPS) is 12.6. The highest BCUT2D eigenvalue weighted by atomic mass is 79.9. The van der Waals surface area contributed by atoms with Crippen molar-refractivity contribution in [1.29, 1.82) is 0 Å². The molecule has 34 heavy (non-hydrogen) atoms. The molecule has 1 heterocycles. The summed E-state index contributed by atoms with van der Waals surface area (Å²) in [6, 6.07) is 31.4. The summed E-state index contributed by atoms with van der Waals surface area (Å²) in [6.45, 7) is 13.7. The molecule has 0 saturated carbocycles. The quantitative estimate of drug-likeness (QED) is 0.223. The minimum atomic E-state index is 0.108. The van der Waals surface area contributed by atoms with E-state index in [1.165, 1.54) is 49.7 Å². The van der Waals surface area contributed by atoms with E-state index in [-0.39, 0.29) is 10.8 Å². The third-order valence-corrected chi connectivity index (χ3v) is 7.33. The maximum atomic E-state index is 3.53. The fourth-order valence-electron chi connectivity index (χ4n) is 4.68. The molecule has 0 aliphatic heterocycles. The van der Waals surface area contributed by atoms with Crippen LogP contribution in [-0.4, -0.2) is 4.57 Å². The summed E-state index contributed by atoms with van der Waals surface area (Å²) < 4.78 is 3.51. The van der Waals surface area contributed by atoms with Crippen molar-refractivity contribution >= 4 is 37.7 Å². The van der Waals surface area contributed by atoms with Gasteiger partial charge in [-0.3, -0.25) is 0 Å². The Labute approximate surface area is 211 Å². The molecule has 0 fully saturated rings. The van der Waals surface area contributed by atoms with E-state index < -0.39 is 0 Å². The lowest BCUT2D eigenvalue weighted by molar-refractivity contribution is 0.590. The summed E-state index contributed by atoms with van der Waals surface area (Å²) in [4.78, 5) is 0. The first kappa shape index (κ1) is 22.9. The SMILES string of the molecule is CC(C)(C)c1ccc2c(c1)c1cc(C(C)(C)C)ccc1n2-c1ccc(-c2ccc(Br)cc2)cc1. The number of hydrogen-bond donors (Lipinski definition) is 0. The topological polar surface area (TPSA) is 4.93 Å². The average molecular weight is 511 g/mol. The van der Waals surface area contributed by atoms with Gasteiger partial charge in [0.2, 0.25) is 0 Å². The highest BCUT2D eigenvalue weighted by molar-refractivity contribution is 9.10. The number of aromatic nitrogens is 1. The molecule has 0 aliphatic carbocycles. The molecule has 1 aromatic heterocycles. The zero-order valence-electron chi connectivity index (χ0n) is 20.9. The highest BCUT2D eigenvalue weighted by Crippen LogP contribution is 2.37. The fraction of sp³-hybridized carbons (Fsp3) is 0.250. The molecule has 4 aromatic carbocycles. The average Bonchev–Trinajstić information content (AvgIpc) is 3.12. The van der Waals surface area contributed by atoms with Gasteiger partial charge in [0.15, 0.2) is 0 Å². The zero-order chi connectivity index (χ0) is 24.3. The summed E-state index contributed by atoms with van der Waals surface area (Å²) in [5.41, 5.74) is 9.09. The van der Waals surface area contributed by atoms with Gasteiger partial charge in [0.1, 0.15) is 0 Å². The Morgan fingerprint density at radius 1 is 0.529 bits per heavy atom. The van der Waals surface area contributed by atoms with Crippen LogP contribution in [0.15, 0.2) is 89.4 Å². The van der Waals surface area contributed by atoms with Gasteiger partial charge in [-0.05, 0) is 81.6 Å². The molecular formula is C32H32BrN. The standard InChI is InChI=1S/C32H32BrN/c1-31(2,3)23-11-17-29-27(19-23)28-20-24(32(4,5)6)12-18-30(28)34(29)26-15-9-22(10-16-26)21-7-13-25(33)14-8-21/h7-20H,1-6H3. The predicted molar refractivity (Wildman–Crippen MR) is 151 cm³/mol. The highest BCUT2D eigenvalue weighted by Gasteiger charge is 2.20. The number of nitrogens with zero attached hydrogens (tertiary/aromatic N) is 1. The number of rotatable bonds is 2. The lowest BCUT2D eigenvalue weighted by Gasteiger charge is -2.19. The van der Waals surface area contributed by atoms with Crippen LogP contribution in [0, 0.1) is 0 Å². The van der Waals surface area contributed by atoms with Gasteiger partial charge in [0, 0.05) is 20.9 Å². The Morgan fingerprint density at radius 3 is 1.35 bits per heavy atom. The van der Waals surface area contributed by atoms with E-state index >= 15 is 0 Å². The maximum Gasteiger partial charge on any atom is 0.0541 e. The molecule has 0 spiro atoms. The summed E-state index contributed by atoms with van der Waals surface area (Å²) in [7, 11) is 0. The zero-order valence-corrected chi connectivity index (χ0v) is 22.5. The molecule has 0 aliphatic rings. The third-order valence-electron chi connectivity index (χ3n) is 6.80. The van der Waals surface area contributed by atoms with Crippen LogP contribution in [0.3, 0.4) is 0 Å². The summed E-state index contributed by atoms with van der Waals surface area (Å²) in [6.07, 6.45) is 0. The van der Waals surface area contributed by atoms with Crippen LogP contribution >= 0.6 is 15.9 Å². The number of benzene rings is 4. The monoisotopic (exact) mass is 509 g/mol. The molecule has 0 radical (unpaired) electrons. The van der Waals surface area contributed by atoms with E-state index in [2.05, 4.69) is 147 Å². The largest absolute Gasteiger partial charge is 0.309 e. The van der Waals surface area contributed by atoms with Crippen LogP contribution in [0.1, 0.15) is 52.7 Å². The first-order valence-corrected chi connectivity index (χ1v) is 12.8. The molecule has 0 saturated heterocycles. The lowest BCUT2D eigenvalue weighted by Crippen LogP contribution is -2.10. The van der Waals surface area contributed by atoms with Gasteiger partial charge in [-0.1, -0.05) is 93.9 Å². The van der Waals surface area contributed by atoms with Crippen LogP contribution in [0.4, 0.5) is 0 Å². The molecule has 0 amide bonds. The third kappa shape index (κ3) is 4.09. The van der Waals surface area contributed by atoms with E-state index in [9.17, 15) is 0 Å². The van der Waals surface area contributed by atoms with Crippen molar-refractivity contribution in [3.63, 3.8) is 0 Å². The molecule has 172 valence electrons. The second-order valence-electron chi connectivity index (χ2n) is 11.4. The molecule has 1 nitrogen and oxygen atoms in total. The second-order valence-corrected chi connectivity index (χ2v) is 12.3. The van der Waals surface area contributed by atoms with Crippen molar-refractivity contribution in [2.45, 2.75) is 52.4 Å². The smallest absolute Gasteiger partial charge is 0.0541 e. The first-order chi connectivity index (χ1) is 16.0. The molecule has 0 N–H and O–H groups in total. The van der Waals surface area contributed by atoms with Crippen molar-refractivity contribution in [3.8, 4) is 16.8 Å². The van der Waals surface area contributed by atoms with Crippen molar-refractivity contribution in [2.24, 2.45) is 0 Å². The van der Waals surface area contributed by atoms with Gasteiger partial charge in [-0.2, -0.15) is 0 Å². The predicted octanol–water partition coefficient (Wildman–Crippen LogP) is 9.81. The number of fused-ring (bicyclic) bond motifs is 3. The number of hydrogen-bond acceptors (Lipinski definition) is 0. The van der Waals surface area contributed by atoms with E-state index in [1.807, 2.05) is 0 Å². The molecule has 5 aromatic rings. The molecular weight excluding hydrogens is 478 g/mol. The van der Waals surface area contributed by atoms with E-state index in [0.717, 1.165) is 4.47 Å². The summed E-state index contributed by atoms with van der Waals surface area (Å²) in [5, 5.41) is 2.65. The Bertz CT molecular complexity index is 1420. The van der Waals surface area contributed by atoms with Crippen LogP contribution in [-0.2, 0) is 10.8 Å². The van der Waals surface area contributed by atoms with Gasteiger partial charge in [0.05, 0.1) is 11.0 Å². The van der Waals surface area contributed by atoms with Gasteiger partial charge >= 0.3 is 0 Å². The minimum Gasteiger partial charge on any atom is -0.309 e.